The molecule has 1 aromatic carbocycles. The number of nitrogens with one attached hydrogen (secondary N) is 3. The second kappa shape index (κ2) is 11.6. The van der Waals surface area contributed by atoms with Crippen molar-refractivity contribution in [1.82, 2.24) is 20.5 Å². The van der Waals surface area contributed by atoms with Crippen LogP contribution in [-0.4, -0.2) is 53.2 Å². The van der Waals surface area contributed by atoms with Crippen LogP contribution in [0.4, 0.5) is 0 Å². The molecule has 2 aromatic heterocycles. The Morgan fingerprint density at radius 3 is 2.59 bits per heavy atom. The van der Waals surface area contributed by atoms with Crippen LogP contribution in [0.5, 0.6) is 5.75 Å². The maximum absolute atomic E-state index is 13.5. The van der Waals surface area contributed by atoms with E-state index in [2.05, 4.69) is 15.6 Å². The summed E-state index contributed by atoms with van der Waals surface area (Å²) in [6.45, 7) is 5.42. The summed E-state index contributed by atoms with van der Waals surface area (Å²) in [5.74, 6) is -2.53. The summed E-state index contributed by atoms with van der Waals surface area (Å²) < 4.78 is 15.2. The van der Waals surface area contributed by atoms with Gasteiger partial charge in [0.15, 0.2) is 5.76 Å². The fraction of sp³-hybridized carbons (Fsp3) is 0.444. The molecule has 1 saturated heterocycles. The van der Waals surface area contributed by atoms with E-state index in [0.717, 1.165) is 16.5 Å². The normalized spacial score (nSPS) is 16.9. The molecule has 4 amide bonds. The minimum Gasteiger partial charge on any atom is -0.496 e. The van der Waals surface area contributed by atoms with Crippen molar-refractivity contribution in [2.24, 2.45) is 11.8 Å². The maximum atomic E-state index is 13.5. The summed E-state index contributed by atoms with van der Waals surface area (Å²) in [5, 5.41) is 6.33. The van der Waals surface area contributed by atoms with E-state index in [1.54, 1.807) is 25.3 Å². The number of H-pyrrole nitrogens is 1. The Morgan fingerprint density at radius 1 is 1.21 bits per heavy atom. The number of hydrogen-bond donors (Lipinski definition) is 3. The number of carbonyl (C=O) groups excluding carboxylic acids is 4. The van der Waals surface area contributed by atoms with Gasteiger partial charge in [-0.1, -0.05) is 19.9 Å². The molecule has 4 rings (SSSR count). The zero-order valence-corrected chi connectivity index (χ0v) is 22.2. The standard InChI is InChI=1S/C27H32N4O8/c1-14(2)10-20(30-25(34)21-12-17-18(28-21)6-5-7-22(17)37-4)24(33)29-19(23-13-38-27(36)39-23)11-16-8-9-31(15(3)32)26(16)35/h5-7,12-14,16,19-20,28H,8-11H2,1-4H3,(H,29,33)(H,30,34)/t16-,19-,20-/m0/s1. The van der Waals surface area contributed by atoms with Crippen LogP contribution >= 0.6 is 0 Å². The molecular weight excluding hydrogens is 508 g/mol. The van der Waals surface area contributed by atoms with Crippen LogP contribution in [0.3, 0.4) is 0 Å². The number of hydrogen-bond acceptors (Lipinski definition) is 8. The van der Waals surface area contributed by atoms with Crippen molar-refractivity contribution in [3.63, 3.8) is 0 Å². The highest BCUT2D eigenvalue weighted by molar-refractivity contribution is 6.01. The van der Waals surface area contributed by atoms with Gasteiger partial charge in [-0.05, 0) is 43.4 Å². The van der Waals surface area contributed by atoms with Gasteiger partial charge in [0.2, 0.25) is 17.7 Å². The van der Waals surface area contributed by atoms with Crippen molar-refractivity contribution >= 4 is 34.5 Å². The van der Waals surface area contributed by atoms with Crippen LogP contribution in [-0.2, 0) is 14.4 Å². The zero-order valence-electron chi connectivity index (χ0n) is 22.2. The third-order valence-electron chi connectivity index (χ3n) is 6.77. The Bertz CT molecular complexity index is 1430. The highest BCUT2D eigenvalue weighted by Crippen LogP contribution is 2.29. The quantitative estimate of drug-likeness (QED) is 0.353. The molecule has 0 unspecified atom stereocenters. The third kappa shape index (κ3) is 6.21. The second-order valence-corrected chi connectivity index (χ2v) is 10.0. The largest absolute Gasteiger partial charge is 0.518 e. The fourth-order valence-corrected chi connectivity index (χ4v) is 4.84. The predicted molar refractivity (Wildman–Crippen MR) is 139 cm³/mol. The average molecular weight is 541 g/mol. The first-order chi connectivity index (χ1) is 18.6. The Kier molecular flexibility index (Phi) is 8.22. The number of nitrogens with zero attached hydrogens (tertiary/aromatic N) is 1. The molecule has 3 aromatic rings. The highest BCUT2D eigenvalue weighted by Gasteiger charge is 2.37. The van der Waals surface area contributed by atoms with Gasteiger partial charge in [-0.3, -0.25) is 24.1 Å². The van der Waals surface area contributed by atoms with E-state index in [1.165, 1.54) is 6.92 Å². The lowest BCUT2D eigenvalue weighted by molar-refractivity contribution is -0.142. The van der Waals surface area contributed by atoms with Crippen LogP contribution in [0.25, 0.3) is 10.9 Å². The second-order valence-electron chi connectivity index (χ2n) is 10.0. The van der Waals surface area contributed by atoms with E-state index >= 15 is 0 Å². The highest BCUT2D eigenvalue weighted by atomic mass is 16.6. The van der Waals surface area contributed by atoms with Gasteiger partial charge >= 0.3 is 5.82 Å². The molecule has 0 spiro atoms. The van der Waals surface area contributed by atoms with Crippen LogP contribution in [0.15, 0.2) is 44.2 Å². The van der Waals surface area contributed by atoms with Crippen molar-refractivity contribution < 1.29 is 32.7 Å². The molecule has 3 heterocycles. The molecule has 0 radical (unpaired) electrons. The van der Waals surface area contributed by atoms with Crippen LogP contribution in [0, 0.1) is 11.8 Å². The van der Waals surface area contributed by atoms with Gasteiger partial charge in [-0.2, -0.15) is 0 Å². The Labute approximate surface area is 224 Å². The molecule has 1 fully saturated rings. The molecule has 0 saturated carbocycles. The van der Waals surface area contributed by atoms with Crippen molar-refractivity contribution in [2.45, 2.75) is 52.1 Å². The number of aromatic amines is 1. The first-order valence-corrected chi connectivity index (χ1v) is 12.7. The summed E-state index contributed by atoms with van der Waals surface area (Å²) in [6, 6.07) is 5.23. The lowest BCUT2D eigenvalue weighted by Gasteiger charge is -2.24. The molecule has 39 heavy (non-hydrogen) atoms. The van der Waals surface area contributed by atoms with E-state index in [0.29, 0.717) is 24.1 Å². The number of likely N-dealkylation sites (tertiary alicyclic amines) is 1. The topological polar surface area (TPSA) is 164 Å². The Hall–Kier alpha value is -4.35. The number of amides is 4. The molecule has 208 valence electrons. The number of fused-ring (bicyclic) bond motifs is 1. The van der Waals surface area contributed by atoms with Gasteiger partial charge in [-0.15, -0.1) is 0 Å². The van der Waals surface area contributed by atoms with Gasteiger partial charge in [0, 0.05) is 30.3 Å². The Morgan fingerprint density at radius 2 is 1.97 bits per heavy atom. The molecule has 1 aliphatic rings. The molecule has 12 nitrogen and oxygen atoms in total. The van der Waals surface area contributed by atoms with E-state index < -0.39 is 35.6 Å². The third-order valence-corrected chi connectivity index (χ3v) is 6.77. The maximum Gasteiger partial charge on any atom is 0.518 e. The van der Waals surface area contributed by atoms with Gasteiger partial charge < -0.3 is 29.2 Å². The summed E-state index contributed by atoms with van der Waals surface area (Å²) in [5.41, 5.74) is 0.967. The van der Waals surface area contributed by atoms with E-state index in [4.69, 9.17) is 13.6 Å². The van der Waals surface area contributed by atoms with Crippen molar-refractivity contribution in [2.75, 3.05) is 13.7 Å². The first kappa shape index (κ1) is 27.7. The number of imide groups is 1. The minimum atomic E-state index is -0.950. The van der Waals surface area contributed by atoms with Gasteiger partial charge in [0.25, 0.3) is 5.91 Å². The molecule has 0 aliphatic carbocycles. The number of carbonyl (C=O) groups is 4. The molecule has 3 N–H and O–H groups in total. The summed E-state index contributed by atoms with van der Waals surface area (Å²) in [6.07, 6.45) is 1.90. The summed E-state index contributed by atoms with van der Waals surface area (Å²) >= 11 is 0. The van der Waals surface area contributed by atoms with E-state index in [-0.39, 0.29) is 42.2 Å². The lowest BCUT2D eigenvalue weighted by atomic mass is 9.96. The Balaban J connectivity index is 1.53. The number of benzene rings is 1. The molecular formula is C27H32N4O8. The van der Waals surface area contributed by atoms with Crippen molar-refractivity contribution in [1.29, 1.82) is 0 Å². The fourth-order valence-electron chi connectivity index (χ4n) is 4.84. The van der Waals surface area contributed by atoms with Gasteiger partial charge in [0.1, 0.15) is 23.7 Å². The molecule has 1 aliphatic heterocycles. The monoisotopic (exact) mass is 540 g/mol. The molecule has 3 atom stereocenters. The van der Waals surface area contributed by atoms with Crippen molar-refractivity contribution in [3.05, 3.63) is 52.6 Å². The van der Waals surface area contributed by atoms with Crippen molar-refractivity contribution in [3.8, 4) is 5.75 Å². The molecule has 12 heteroatoms. The number of aromatic nitrogens is 1. The average Bonchev–Trinajstić information content (AvgIpc) is 3.61. The number of methoxy groups -OCH3 is 1. The SMILES string of the molecule is COc1cccc2[nH]c(C(=O)N[C@@H](CC(C)C)C(=O)N[C@@H](C[C@@H]3CCN(C(C)=O)C3=O)c3coc(=O)o3)cc12. The number of rotatable bonds is 10. The molecule has 0 bridgehead atoms. The van der Waals surface area contributed by atoms with Gasteiger partial charge in [0.05, 0.1) is 13.2 Å². The lowest BCUT2D eigenvalue weighted by Crippen LogP contribution is -2.48. The van der Waals surface area contributed by atoms with Crippen LogP contribution < -0.4 is 21.2 Å². The first-order valence-electron chi connectivity index (χ1n) is 12.7. The minimum absolute atomic E-state index is 0.0414. The van der Waals surface area contributed by atoms with E-state index in [1.807, 2.05) is 19.9 Å². The van der Waals surface area contributed by atoms with E-state index in [9.17, 15) is 24.0 Å². The predicted octanol–water partition coefficient (Wildman–Crippen LogP) is 2.51. The smallest absolute Gasteiger partial charge is 0.496 e. The zero-order chi connectivity index (χ0) is 28.3. The summed E-state index contributed by atoms with van der Waals surface area (Å²) in [7, 11) is 1.54. The summed E-state index contributed by atoms with van der Waals surface area (Å²) in [4.78, 5) is 66.9. The number of ether oxygens (including phenoxy) is 1. The van der Waals surface area contributed by atoms with Crippen LogP contribution in [0.2, 0.25) is 0 Å². The van der Waals surface area contributed by atoms with Crippen LogP contribution in [0.1, 0.15) is 62.3 Å². The van der Waals surface area contributed by atoms with Gasteiger partial charge in [-0.25, -0.2) is 4.79 Å².